The van der Waals surface area contributed by atoms with Gasteiger partial charge in [0.25, 0.3) is 0 Å². The summed E-state index contributed by atoms with van der Waals surface area (Å²) in [5, 5.41) is 0. The summed E-state index contributed by atoms with van der Waals surface area (Å²) >= 11 is 0. The van der Waals surface area contributed by atoms with Crippen LogP contribution in [-0.4, -0.2) is 31.1 Å². The monoisotopic (exact) mass is 159 g/mol. The van der Waals surface area contributed by atoms with Crippen LogP contribution in [0.25, 0.3) is 0 Å². The Hall–Kier alpha value is -0.150. The number of hydrogen-bond donors (Lipinski definition) is 0. The summed E-state index contributed by atoms with van der Waals surface area (Å²) in [7, 11) is 2.05. The smallest absolute Gasteiger partial charge is 0.103 e. The van der Waals surface area contributed by atoms with Crippen molar-refractivity contribution in [2.75, 3.05) is 20.2 Å². The molecule has 0 aromatic heterocycles. The van der Waals surface area contributed by atoms with Gasteiger partial charge in [-0.25, -0.2) is 0 Å². The SMILES string of the molecule is CN1CC2(CC2)CC1COF. The number of nitrogens with zero attached hydrogens (tertiary/aromatic N) is 1. The van der Waals surface area contributed by atoms with Gasteiger partial charge in [0.2, 0.25) is 0 Å². The molecular formula is C8H14FNO. The second kappa shape index (κ2) is 2.42. The molecule has 3 heteroatoms. The van der Waals surface area contributed by atoms with E-state index in [-0.39, 0.29) is 6.61 Å². The van der Waals surface area contributed by atoms with Crippen LogP contribution in [0.3, 0.4) is 0 Å². The lowest BCUT2D eigenvalue weighted by Crippen LogP contribution is -2.28. The number of likely N-dealkylation sites (tertiary alicyclic amines) is 1. The Kier molecular flexibility index (Phi) is 1.65. The maximum atomic E-state index is 11.6. The summed E-state index contributed by atoms with van der Waals surface area (Å²) in [5.74, 6) is 0. The van der Waals surface area contributed by atoms with E-state index in [2.05, 4.69) is 16.9 Å². The Morgan fingerprint density at radius 1 is 1.64 bits per heavy atom. The van der Waals surface area contributed by atoms with E-state index in [1.165, 1.54) is 12.8 Å². The molecule has 11 heavy (non-hydrogen) atoms. The van der Waals surface area contributed by atoms with Gasteiger partial charge in [-0.15, -0.1) is 0 Å². The van der Waals surface area contributed by atoms with E-state index < -0.39 is 0 Å². The molecule has 1 unspecified atom stereocenters. The van der Waals surface area contributed by atoms with Crippen LogP contribution in [0.4, 0.5) is 4.53 Å². The fraction of sp³-hybridized carbons (Fsp3) is 1.00. The summed E-state index contributed by atoms with van der Waals surface area (Å²) in [5.41, 5.74) is 0.567. The average Bonchev–Trinajstić information content (AvgIpc) is 2.61. The van der Waals surface area contributed by atoms with Crippen molar-refractivity contribution in [3.05, 3.63) is 0 Å². The minimum Gasteiger partial charge on any atom is -0.300 e. The largest absolute Gasteiger partial charge is 0.300 e. The number of hydrogen-bond acceptors (Lipinski definition) is 2. The van der Waals surface area contributed by atoms with Gasteiger partial charge >= 0.3 is 0 Å². The first-order valence-corrected chi connectivity index (χ1v) is 4.20. The van der Waals surface area contributed by atoms with E-state index in [0.29, 0.717) is 11.5 Å². The molecule has 2 rings (SSSR count). The van der Waals surface area contributed by atoms with Gasteiger partial charge in [0.15, 0.2) is 0 Å². The zero-order valence-corrected chi connectivity index (χ0v) is 6.85. The van der Waals surface area contributed by atoms with E-state index >= 15 is 0 Å². The minimum atomic E-state index is 0.248. The summed E-state index contributed by atoms with van der Waals surface area (Å²) < 4.78 is 11.6. The lowest BCUT2D eigenvalue weighted by Gasteiger charge is -2.15. The van der Waals surface area contributed by atoms with Crippen LogP contribution in [0, 0.1) is 5.41 Å². The maximum Gasteiger partial charge on any atom is 0.103 e. The van der Waals surface area contributed by atoms with Crippen molar-refractivity contribution in [3.63, 3.8) is 0 Å². The standard InChI is InChI=1S/C8H14FNO/c1-10-6-8(2-3-8)4-7(10)5-11-9/h7H,2-6H2,1H3. The van der Waals surface area contributed by atoms with Crippen LogP contribution >= 0.6 is 0 Å². The van der Waals surface area contributed by atoms with Gasteiger partial charge in [-0.1, -0.05) is 0 Å². The fourth-order valence-electron chi connectivity index (χ4n) is 2.18. The predicted molar refractivity (Wildman–Crippen MR) is 39.8 cm³/mol. The van der Waals surface area contributed by atoms with E-state index in [1.807, 2.05) is 0 Å². The Morgan fingerprint density at radius 2 is 2.36 bits per heavy atom. The summed E-state index contributed by atoms with van der Waals surface area (Å²) in [6.45, 7) is 1.39. The van der Waals surface area contributed by atoms with Crippen molar-refractivity contribution >= 4 is 0 Å². The van der Waals surface area contributed by atoms with Crippen molar-refractivity contribution in [2.24, 2.45) is 5.41 Å². The Morgan fingerprint density at radius 3 is 2.82 bits per heavy atom. The van der Waals surface area contributed by atoms with Crippen molar-refractivity contribution in [1.29, 1.82) is 0 Å². The molecule has 0 amide bonds. The van der Waals surface area contributed by atoms with Crippen LogP contribution in [-0.2, 0) is 4.94 Å². The van der Waals surface area contributed by atoms with Crippen molar-refractivity contribution < 1.29 is 9.47 Å². The van der Waals surface area contributed by atoms with Gasteiger partial charge in [-0.3, -0.25) is 0 Å². The van der Waals surface area contributed by atoms with E-state index in [1.54, 1.807) is 0 Å². The molecule has 0 N–H and O–H groups in total. The molecule has 2 aliphatic rings. The van der Waals surface area contributed by atoms with E-state index in [0.717, 1.165) is 13.0 Å². The molecule has 1 heterocycles. The highest BCUT2D eigenvalue weighted by Gasteiger charge is 2.50. The zero-order chi connectivity index (χ0) is 7.90. The third kappa shape index (κ3) is 1.27. The van der Waals surface area contributed by atoms with Gasteiger partial charge < -0.3 is 4.90 Å². The third-order valence-corrected chi connectivity index (χ3v) is 3.09. The molecule has 1 aliphatic carbocycles. The quantitative estimate of drug-likeness (QED) is 0.603. The zero-order valence-electron chi connectivity index (χ0n) is 6.85. The molecule has 0 radical (unpaired) electrons. The second-order valence-electron chi connectivity index (χ2n) is 4.05. The highest BCUT2D eigenvalue weighted by molar-refractivity contribution is 5.03. The lowest BCUT2D eigenvalue weighted by atomic mass is 10.0. The molecule has 1 saturated carbocycles. The van der Waals surface area contributed by atoms with E-state index in [9.17, 15) is 4.53 Å². The highest BCUT2D eigenvalue weighted by Crippen LogP contribution is 2.54. The lowest BCUT2D eigenvalue weighted by molar-refractivity contribution is -0.145. The summed E-state index contributed by atoms with van der Waals surface area (Å²) in [6, 6.07) is 0.322. The second-order valence-corrected chi connectivity index (χ2v) is 4.05. The minimum absolute atomic E-state index is 0.248. The molecule has 64 valence electrons. The molecule has 0 aromatic rings. The normalized spacial score (nSPS) is 34.9. The van der Waals surface area contributed by atoms with Crippen molar-refractivity contribution in [1.82, 2.24) is 4.90 Å². The molecular weight excluding hydrogens is 145 g/mol. The Bertz CT molecular complexity index is 158. The van der Waals surface area contributed by atoms with Crippen molar-refractivity contribution in [2.45, 2.75) is 25.3 Å². The molecule has 0 aromatic carbocycles. The van der Waals surface area contributed by atoms with Crippen molar-refractivity contribution in [3.8, 4) is 0 Å². The summed E-state index contributed by atoms with van der Waals surface area (Å²) in [6.07, 6.45) is 3.80. The first-order valence-electron chi connectivity index (χ1n) is 4.20. The number of rotatable bonds is 2. The first-order chi connectivity index (χ1) is 5.26. The maximum absolute atomic E-state index is 11.6. The molecule has 1 atom stereocenters. The first kappa shape index (κ1) is 7.50. The third-order valence-electron chi connectivity index (χ3n) is 3.09. The molecule has 2 fully saturated rings. The predicted octanol–water partition coefficient (Wildman–Crippen LogP) is 1.37. The fourth-order valence-corrected chi connectivity index (χ4v) is 2.18. The summed E-state index contributed by atoms with van der Waals surface area (Å²) in [4.78, 5) is 5.89. The van der Waals surface area contributed by atoms with Crippen LogP contribution < -0.4 is 0 Å². The van der Waals surface area contributed by atoms with Crippen LogP contribution in [0.2, 0.25) is 0 Å². The topological polar surface area (TPSA) is 12.5 Å². The van der Waals surface area contributed by atoms with Crippen LogP contribution in [0.15, 0.2) is 0 Å². The Labute approximate surface area is 66.2 Å². The van der Waals surface area contributed by atoms with Crippen LogP contribution in [0.1, 0.15) is 19.3 Å². The molecule has 0 bridgehead atoms. The van der Waals surface area contributed by atoms with Gasteiger partial charge in [0.05, 0.1) is 0 Å². The van der Waals surface area contributed by atoms with E-state index in [4.69, 9.17) is 0 Å². The van der Waals surface area contributed by atoms with Gasteiger partial charge in [-0.05, 0) is 36.3 Å². The highest BCUT2D eigenvalue weighted by atomic mass is 19.3. The number of halogens is 1. The van der Waals surface area contributed by atoms with Gasteiger partial charge in [-0.2, -0.15) is 4.94 Å². The average molecular weight is 159 g/mol. The molecule has 2 nitrogen and oxygen atoms in total. The molecule has 1 aliphatic heterocycles. The van der Waals surface area contributed by atoms with Gasteiger partial charge in [0, 0.05) is 12.6 Å². The van der Waals surface area contributed by atoms with Gasteiger partial charge in [0.1, 0.15) is 6.61 Å². The van der Waals surface area contributed by atoms with Crippen LogP contribution in [0.5, 0.6) is 0 Å². The Balaban J connectivity index is 1.92. The molecule has 1 saturated heterocycles. The number of likely N-dealkylation sites (N-methyl/N-ethyl adjacent to an activating group) is 1. The molecule has 1 spiro atoms.